The van der Waals surface area contributed by atoms with Gasteiger partial charge >= 0.3 is 18.5 Å². The Kier molecular flexibility index (Phi) is 8.67. The Balaban J connectivity index is 1.92. The molecule has 7 nitrogen and oxygen atoms in total. The van der Waals surface area contributed by atoms with Crippen molar-refractivity contribution in [2.24, 2.45) is 7.05 Å². The highest BCUT2D eigenvalue weighted by Gasteiger charge is 2.39. The smallest absolute Gasteiger partial charge is 0.395 e. The van der Waals surface area contributed by atoms with E-state index in [1.54, 1.807) is 4.90 Å². The number of alkyl halides is 9. The number of aromatic nitrogens is 4. The number of benzene rings is 2. The van der Waals surface area contributed by atoms with E-state index in [9.17, 15) is 44.6 Å². The first kappa shape index (κ1) is 31.4. The molecule has 0 aliphatic carbocycles. The quantitative estimate of drug-likeness (QED) is 0.323. The summed E-state index contributed by atoms with van der Waals surface area (Å²) in [4.78, 5) is 3.99. The second-order valence-electron chi connectivity index (χ2n) is 9.91. The molecule has 1 aliphatic heterocycles. The number of tetrazole rings is 1. The number of β-amino-alcohol motifs (C(OH)–C–C–N with tert-alkyl or cyclic N) is 1. The maximum atomic E-state index is 14.0. The number of aryl methyl sites for hydroxylation is 2. The van der Waals surface area contributed by atoms with Gasteiger partial charge in [0.2, 0.25) is 0 Å². The second kappa shape index (κ2) is 11.6. The molecule has 3 aromatic rings. The Morgan fingerprint density at radius 2 is 1.57 bits per heavy atom. The fraction of sp³-hybridized carbons (Fsp3) is 0.500. The van der Waals surface area contributed by atoms with Crippen molar-refractivity contribution in [2.45, 2.75) is 57.3 Å². The highest BCUT2D eigenvalue weighted by molar-refractivity contribution is 5.62. The molecule has 2 heterocycles. The summed E-state index contributed by atoms with van der Waals surface area (Å²) in [5, 5.41) is 21.4. The van der Waals surface area contributed by atoms with E-state index in [1.165, 1.54) is 24.9 Å². The van der Waals surface area contributed by atoms with E-state index in [0.717, 1.165) is 10.9 Å². The number of fused-ring (bicyclic) bond motifs is 1. The molecule has 16 heteroatoms. The topological polar surface area (TPSA) is 70.3 Å². The lowest BCUT2D eigenvalue weighted by molar-refractivity contribution is -0.143. The van der Waals surface area contributed by atoms with Crippen molar-refractivity contribution in [3.63, 3.8) is 0 Å². The second-order valence-corrected chi connectivity index (χ2v) is 9.91. The maximum Gasteiger partial charge on any atom is 0.416 e. The molecule has 42 heavy (non-hydrogen) atoms. The van der Waals surface area contributed by atoms with Crippen LogP contribution in [-0.4, -0.2) is 45.0 Å². The van der Waals surface area contributed by atoms with Crippen molar-refractivity contribution in [1.29, 1.82) is 0 Å². The monoisotopic (exact) mass is 610 g/mol. The number of anilines is 2. The molecule has 0 fully saturated rings. The van der Waals surface area contributed by atoms with Crippen LogP contribution in [0.15, 0.2) is 30.3 Å². The van der Waals surface area contributed by atoms with E-state index < -0.39 is 47.8 Å². The van der Waals surface area contributed by atoms with Crippen LogP contribution in [0.2, 0.25) is 0 Å². The Labute approximate surface area is 234 Å². The minimum Gasteiger partial charge on any atom is -0.395 e. The molecule has 0 unspecified atom stereocenters. The van der Waals surface area contributed by atoms with Gasteiger partial charge in [-0.05, 0) is 65.4 Å². The van der Waals surface area contributed by atoms with Crippen LogP contribution in [0.5, 0.6) is 0 Å². The van der Waals surface area contributed by atoms with Crippen LogP contribution in [0.3, 0.4) is 0 Å². The van der Waals surface area contributed by atoms with Crippen LogP contribution in [0.4, 0.5) is 51.1 Å². The van der Waals surface area contributed by atoms with Gasteiger partial charge in [-0.2, -0.15) is 44.3 Å². The van der Waals surface area contributed by atoms with Gasteiger partial charge < -0.3 is 14.9 Å². The highest BCUT2D eigenvalue weighted by atomic mass is 19.4. The average molecular weight is 611 g/mol. The Morgan fingerprint density at radius 1 is 0.929 bits per heavy atom. The van der Waals surface area contributed by atoms with E-state index in [2.05, 4.69) is 15.4 Å². The largest absolute Gasteiger partial charge is 0.416 e. The van der Waals surface area contributed by atoms with Gasteiger partial charge in [0.1, 0.15) is 0 Å². The van der Waals surface area contributed by atoms with Crippen molar-refractivity contribution in [3.8, 4) is 0 Å². The summed E-state index contributed by atoms with van der Waals surface area (Å²) in [7, 11) is 1.41. The highest BCUT2D eigenvalue weighted by Crippen LogP contribution is 2.44. The van der Waals surface area contributed by atoms with Crippen molar-refractivity contribution in [3.05, 3.63) is 63.7 Å². The van der Waals surface area contributed by atoms with Crippen LogP contribution in [0.25, 0.3) is 0 Å². The van der Waals surface area contributed by atoms with Gasteiger partial charge in [0, 0.05) is 25.3 Å². The third-order valence-corrected chi connectivity index (χ3v) is 7.05. The Morgan fingerprint density at radius 3 is 2.07 bits per heavy atom. The van der Waals surface area contributed by atoms with E-state index in [1.807, 2.05) is 0 Å². The number of rotatable bonds is 7. The summed E-state index contributed by atoms with van der Waals surface area (Å²) in [5.41, 5.74) is -3.78. The van der Waals surface area contributed by atoms with Crippen LogP contribution in [-0.2, 0) is 38.5 Å². The first-order valence-electron chi connectivity index (χ1n) is 12.9. The fourth-order valence-corrected chi connectivity index (χ4v) is 5.19. The summed E-state index contributed by atoms with van der Waals surface area (Å²) in [5.74, 6) is -0.132. The molecular formula is C26H27F9N6O. The molecule has 230 valence electrons. The lowest BCUT2D eigenvalue weighted by Crippen LogP contribution is -2.31. The fourth-order valence-electron chi connectivity index (χ4n) is 5.19. The van der Waals surface area contributed by atoms with Gasteiger partial charge in [0.15, 0.2) is 0 Å². The number of aliphatic hydroxyl groups excluding tert-OH is 1. The van der Waals surface area contributed by atoms with E-state index in [4.69, 9.17) is 0 Å². The molecule has 4 rings (SSSR count). The Bertz CT molecular complexity index is 1370. The van der Waals surface area contributed by atoms with E-state index in [-0.39, 0.29) is 61.4 Å². The SMILES string of the molecule is CCc1cc2c(cc1C(F)(F)F)N(CCO)CCC[C@@H]2N(Cc1cc(C(F)(F)F)cc(C(F)(F)F)c1)c1nnn(C)n1. The predicted octanol–water partition coefficient (Wildman–Crippen LogP) is 6.17. The minimum atomic E-state index is -5.07. The first-order chi connectivity index (χ1) is 19.5. The normalized spacial score (nSPS) is 16.4. The number of aliphatic hydroxyl groups is 1. The molecule has 0 saturated carbocycles. The zero-order valence-electron chi connectivity index (χ0n) is 22.4. The zero-order chi connectivity index (χ0) is 31.0. The lowest BCUT2D eigenvalue weighted by Gasteiger charge is -2.33. The molecule has 0 radical (unpaired) electrons. The molecule has 1 aromatic heterocycles. The summed E-state index contributed by atoms with van der Waals surface area (Å²) in [6.07, 6.45) is -14.2. The molecule has 0 bridgehead atoms. The van der Waals surface area contributed by atoms with Gasteiger partial charge in [-0.25, -0.2) is 0 Å². The Hall–Kier alpha value is -3.56. The molecule has 1 aliphatic rings. The minimum absolute atomic E-state index is 0.000800. The number of hydrogen-bond acceptors (Lipinski definition) is 6. The predicted molar refractivity (Wildman–Crippen MR) is 134 cm³/mol. The number of halogens is 9. The van der Waals surface area contributed by atoms with Gasteiger partial charge in [-0.1, -0.05) is 18.1 Å². The summed E-state index contributed by atoms with van der Waals surface area (Å²) >= 11 is 0. The van der Waals surface area contributed by atoms with Crippen LogP contribution < -0.4 is 9.80 Å². The van der Waals surface area contributed by atoms with Gasteiger partial charge in [-0.3, -0.25) is 0 Å². The van der Waals surface area contributed by atoms with Crippen LogP contribution in [0, 0.1) is 0 Å². The van der Waals surface area contributed by atoms with Crippen LogP contribution in [0.1, 0.15) is 59.2 Å². The summed E-state index contributed by atoms with van der Waals surface area (Å²) in [6, 6.07) is 2.70. The lowest BCUT2D eigenvalue weighted by atomic mass is 9.93. The summed E-state index contributed by atoms with van der Waals surface area (Å²) in [6.45, 7) is 0.897. The number of nitrogens with zero attached hydrogens (tertiary/aromatic N) is 6. The van der Waals surface area contributed by atoms with Gasteiger partial charge in [-0.15, -0.1) is 5.10 Å². The van der Waals surface area contributed by atoms with Crippen molar-refractivity contribution >= 4 is 11.6 Å². The zero-order valence-corrected chi connectivity index (χ0v) is 22.4. The number of hydrogen-bond donors (Lipinski definition) is 1. The van der Waals surface area contributed by atoms with Crippen molar-refractivity contribution in [1.82, 2.24) is 20.2 Å². The third-order valence-electron chi connectivity index (χ3n) is 7.05. The van der Waals surface area contributed by atoms with Crippen molar-refractivity contribution < 1.29 is 44.6 Å². The van der Waals surface area contributed by atoms with E-state index >= 15 is 0 Å². The van der Waals surface area contributed by atoms with Crippen LogP contribution >= 0.6 is 0 Å². The molecule has 1 atom stereocenters. The first-order valence-corrected chi connectivity index (χ1v) is 12.9. The molecule has 0 spiro atoms. The average Bonchev–Trinajstić information content (AvgIpc) is 3.25. The summed E-state index contributed by atoms with van der Waals surface area (Å²) < 4.78 is 124. The van der Waals surface area contributed by atoms with Gasteiger partial charge in [0.05, 0.1) is 36.4 Å². The van der Waals surface area contributed by atoms with Crippen molar-refractivity contribution in [2.75, 3.05) is 29.5 Å². The standard InChI is InChI=1S/C26H27F9N6O/c1-3-16-11-19-21(5-4-6-40(7-8-42)22(19)13-20(16)26(33,34)35)41(23-36-38-39(2)37-23)14-15-9-17(24(27,28)29)12-18(10-15)25(30,31)32/h9-13,21,42H,3-8,14H2,1-2H3/t21-/m0/s1. The molecule has 0 saturated heterocycles. The molecule has 2 aromatic carbocycles. The third kappa shape index (κ3) is 6.73. The molecular weight excluding hydrogens is 583 g/mol. The van der Waals surface area contributed by atoms with E-state index in [0.29, 0.717) is 24.1 Å². The molecule has 1 N–H and O–H groups in total. The maximum absolute atomic E-state index is 14.0. The van der Waals surface area contributed by atoms with Gasteiger partial charge in [0.25, 0.3) is 5.95 Å². The molecule has 0 amide bonds.